The molecule has 24 heavy (non-hydrogen) atoms. The first-order valence-electron chi connectivity index (χ1n) is 7.24. The number of para-hydroxylation sites is 1. The lowest BCUT2D eigenvalue weighted by molar-refractivity contribution is -0.123. The van der Waals surface area contributed by atoms with E-state index < -0.39 is 9.84 Å². The molecule has 0 bridgehead atoms. The first-order chi connectivity index (χ1) is 11.3. The summed E-state index contributed by atoms with van der Waals surface area (Å²) in [6.07, 6.45) is 1.15. The fraction of sp³-hybridized carbons (Fsp3) is 0.235. The number of carbonyl (C=O) groups is 1. The van der Waals surface area contributed by atoms with E-state index in [1.54, 1.807) is 36.4 Å². The molecule has 5 nitrogen and oxygen atoms in total. The van der Waals surface area contributed by atoms with E-state index in [1.807, 2.05) is 6.92 Å². The molecule has 0 saturated heterocycles. The van der Waals surface area contributed by atoms with E-state index >= 15 is 0 Å². The predicted octanol–water partition coefficient (Wildman–Crippen LogP) is 3.00. The Labute approximate surface area is 146 Å². The number of rotatable bonds is 6. The van der Waals surface area contributed by atoms with Crippen molar-refractivity contribution in [2.24, 2.45) is 0 Å². The van der Waals surface area contributed by atoms with Gasteiger partial charge in [-0.25, -0.2) is 8.42 Å². The van der Waals surface area contributed by atoms with Crippen LogP contribution in [0.5, 0.6) is 5.75 Å². The first-order valence-corrected chi connectivity index (χ1v) is 9.51. The lowest BCUT2D eigenvalue weighted by Gasteiger charge is -2.15. The Morgan fingerprint density at radius 3 is 2.38 bits per heavy atom. The number of carbonyl (C=O) groups excluding carboxylic acids is 1. The maximum Gasteiger partial charge on any atom is 0.258 e. The summed E-state index contributed by atoms with van der Waals surface area (Å²) in [6, 6.07) is 13.0. The van der Waals surface area contributed by atoms with Crippen LogP contribution in [0.15, 0.2) is 53.4 Å². The Morgan fingerprint density at radius 1 is 1.17 bits per heavy atom. The molecule has 0 aliphatic carbocycles. The molecule has 2 rings (SSSR count). The summed E-state index contributed by atoms with van der Waals surface area (Å²) in [4.78, 5) is 12.2. The van der Waals surface area contributed by atoms with Crippen molar-refractivity contribution in [3.05, 3.63) is 59.1 Å². The van der Waals surface area contributed by atoms with Crippen LogP contribution in [0.2, 0.25) is 5.02 Å². The number of hydrogen-bond donors (Lipinski definition) is 1. The van der Waals surface area contributed by atoms with Crippen molar-refractivity contribution in [1.82, 2.24) is 5.32 Å². The van der Waals surface area contributed by atoms with Crippen molar-refractivity contribution in [3.8, 4) is 5.75 Å². The van der Waals surface area contributed by atoms with Crippen molar-refractivity contribution in [2.75, 3.05) is 12.9 Å². The second-order valence-corrected chi connectivity index (χ2v) is 7.77. The fourth-order valence-electron chi connectivity index (χ4n) is 2.08. The normalized spacial score (nSPS) is 12.5. The van der Waals surface area contributed by atoms with E-state index in [1.165, 1.54) is 12.1 Å². The molecular weight excluding hydrogens is 350 g/mol. The molecule has 0 radical (unpaired) electrons. The molecular formula is C17H18ClNO4S. The van der Waals surface area contributed by atoms with Crippen LogP contribution in [0.3, 0.4) is 0 Å². The quantitative estimate of drug-likeness (QED) is 0.851. The maximum absolute atomic E-state index is 12.0. The third kappa shape index (κ3) is 4.97. The van der Waals surface area contributed by atoms with Gasteiger partial charge in [-0.05, 0) is 36.8 Å². The lowest BCUT2D eigenvalue weighted by Crippen LogP contribution is -2.31. The second kappa shape index (κ2) is 7.68. The van der Waals surface area contributed by atoms with E-state index in [2.05, 4.69) is 5.32 Å². The van der Waals surface area contributed by atoms with Crippen LogP contribution >= 0.6 is 11.6 Å². The minimum atomic E-state index is -3.23. The number of benzene rings is 2. The highest BCUT2D eigenvalue weighted by atomic mass is 35.5. The van der Waals surface area contributed by atoms with Gasteiger partial charge in [0.1, 0.15) is 5.75 Å². The van der Waals surface area contributed by atoms with Gasteiger partial charge in [0.25, 0.3) is 5.91 Å². The summed E-state index contributed by atoms with van der Waals surface area (Å²) < 4.78 is 28.3. The average Bonchev–Trinajstić information content (AvgIpc) is 2.53. The molecule has 0 aromatic heterocycles. The van der Waals surface area contributed by atoms with Crippen LogP contribution < -0.4 is 10.1 Å². The third-order valence-corrected chi connectivity index (χ3v) is 4.82. The maximum atomic E-state index is 12.0. The van der Waals surface area contributed by atoms with Gasteiger partial charge < -0.3 is 10.1 Å². The van der Waals surface area contributed by atoms with Gasteiger partial charge in [-0.1, -0.05) is 35.9 Å². The zero-order valence-electron chi connectivity index (χ0n) is 13.3. The Morgan fingerprint density at radius 2 is 1.79 bits per heavy atom. The van der Waals surface area contributed by atoms with Gasteiger partial charge in [-0.2, -0.15) is 0 Å². The number of ether oxygens (including phenoxy) is 1. The smallest absolute Gasteiger partial charge is 0.258 e. The van der Waals surface area contributed by atoms with Crippen LogP contribution in [0, 0.1) is 0 Å². The molecule has 0 aliphatic rings. The van der Waals surface area contributed by atoms with Crippen LogP contribution in [0.1, 0.15) is 18.5 Å². The van der Waals surface area contributed by atoms with Crippen LogP contribution in [0.4, 0.5) is 0 Å². The summed E-state index contributed by atoms with van der Waals surface area (Å²) in [5, 5.41) is 3.23. The van der Waals surface area contributed by atoms with E-state index in [4.69, 9.17) is 16.3 Å². The standard InChI is InChI=1S/C17H18ClNO4S/c1-12(13-7-9-14(10-8-13)24(2,21)22)19-17(20)11-23-16-6-4-3-5-15(16)18/h3-10,12H,11H2,1-2H3,(H,19,20)/t12-/m1/s1. The average molecular weight is 368 g/mol. The molecule has 1 atom stereocenters. The molecule has 0 saturated carbocycles. The first kappa shape index (κ1) is 18.3. The zero-order chi connectivity index (χ0) is 17.7. The molecule has 2 aromatic carbocycles. The zero-order valence-corrected chi connectivity index (χ0v) is 14.9. The predicted molar refractivity (Wildman–Crippen MR) is 93.1 cm³/mol. The summed E-state index contributed by atoms with van der Waals surface area (Å²) in [6.45, 7) is 1.65. The molecule has 0 spiro atoms. The van der Waals surface area contributed by atoms with Crippen molar-refractivity contribution in [2.45, 2.75) is 17.9 Å². The largest absolute Gasteiger partial charge is 0.482 e. The molecule has 0 aliphatic heterocycles. The minimum absolute atomic E-state index is 0.157. The van der Waals surface area contributed by atoms with Gasteiger partial charge in [0, 0.05) is 6.26 Å². The molecule has 0 unspecified atom stereocenters. The number of amides is 1. The molecule has 1 N–H and O–H groups in total. The van der Waals surface area contributed by atoms with Gasteiger partial charge >= 0.3 is 0 Å². The molecule has 128 valence electrons. The summed E-state index contributed by atoms with van der Waals surface area (Å²) >= 11 is 5.96. The van der Waals surface area contributed by atoms with Crippen molar-refractivity contribution >= 4 is 27.3 Å². The Bertz CT molecular complexity index is 819. The van der Waals surface area contributed by atoms with Gasteiger partial charge in [0.2, 0.25) is 0 Å². The van der Waals surface area contributed by atoms with E-state index in [-0.39, 0.29) is 23.5 Å². The number of hydrogen-bond acceptors (Lipinski definition) is 4. The second-order valence-electron chi connectivity index (χ2n) is 5.35. The van der Waals surface area contributed by atoms with Crippen molar-refractivity contribution in [3.63, 3.8) is 0 Å². The highest BCUT2D eigenvalue weighted by Crippen LogP contribution is 2.23. The van der Waals surface area contributed by atoms with Gasteiger partial charge in [0.15, 0.2) is 16.4 Å². The highest BCUT2D eigenvalue weighted by Gasteiger charge is 2.12. The molecule has 1 amide bonds. The van der Waals surface area contributed by atoms with Crippen LogP contribution in [0.25, 0.3) is 0 Å². The van der Waals surface area contributed by atoms with Crippen LogP contribution in [-0.2, 0) is 14.6 Å². The third-order valence-electron chi connectivity index (χ3n) is 3.38. The Balaban J connectivity index is 1.93. The highest BCUT2D eigenvalue weighted by molar-refractivity contribution is 7.90. The number of sulfone groups is 1. The number of nitrogens with one attached hydrogen (secondary N) is 1. The van der Waals surface area contributed by atoms with Gasteiger partial charge in [-0.15, -0.1) is 0 Å². The van der Waals surface area contributed by atoms with Crippen LogP contribution in [-0.4, -0.2) is 27.2 Å². The Hall–Kier alpha value is -2.05. The fourth-order valence-corrected chi connectivity index (χ4v) is 2.90. The molecule has 0 fully saturated rings. The lowest BCUT2D eigenvalue weighted by atomic mass is 10.1. The monoisotopic (exact) mass is 367 g/mol. The van der Waals surface area contributed by atoms with Crippen molar-refractivity contribution < 1.29 is 17.9 Å². The van der Waals surface area contributed by atoms with Crippen molar-refractivity contribution in [1.29, 1.82) is 0 Å². The number of halogens is 1. The van der Waals surface area contributed by atoms with E-state index in [0.717, 1.165) is 11.8 Å². The topological polar surface area (TPSA) is 72.5 Å². The summed E-state index contributed by atoms with van der Waals surface area (Å²) in [5.41, 5.74) is 0.800. The van der Waals surface area contributed by atoms with E-state index in [9.17, 15) is 13.2 Å². The SMILES string of the molecule is C[C@@H](NC(=O)COc1ccccc1Cl)c1ccc(S(C)(=O)=O)cc1. The Kier molecular flexibility index (Phi) is 5.85. The van der Waals surface area contributed by atoms with E-state index in [0.29, 0.717) is 10.8 Å². The summed E-state index contributed by atoms with van der Waals surface area (Å²) in [7, 11) is -3.23. The molecule has 0 heterocycles. The summed E-state index contributed by atoms with van der Waals surface area (Å²) in [5.74, 6) is 0.147. The van der Waals surface area contributed by atoms with Gasteiger partial charge in [0.05, 0.1) is 16.0 Å². The minimum Gasteiger partial charge on any atom is -0.482 e. The molecule has 2 aromatic rings. The van der Waals surface area contributed by atoms with Gasteiger partial charge in [-0.3, -0.25) is 4.79 Å². The molecule has 7 heteroatoms.